The van der Waals surface area contributed by atoms with Crippen LogP contribution in [0.3, 0.4) is 0 Å². The highest BCUT2D eigenvalue weighted by Gasteiger charge is 2.52. The highest BCUT2D eigenvalue weighted by Crippen LogP contribution is 2.62. The summed E-state index contributed by atoms with van der Waals surface area (Å²) < 4.78 is 5.99. The third-order valence-electron chi connectivity index (χ3n) is 9.34. The zero-order valence-corrected chi connectivity index (χ0v) is 22.8. The van der Waals surface area contributed by atoms with Crippen LogP contribution in [-0.4, -0.2) is 28.8 Å². The number of carbonyl (C=O) groups excluding carboxylic acids is 1. The highest BCUT2D eigenvalue weighted by atomic mass is 16.5. The van der Waals surface area contributed by atoms with Gasteiger partial charge in [-0.1, -0.05) is 50.1 Å². The van der Waals surface area contributed by atoms with Crippen LogP contribution in [0, 0.1) is 17.8 Å². The van der Waals surface area contributed by atoms with Crippen molar-refractivity contribution in [3.8, 4) is 16.9 Å². The van der Waals surface area contributed by atoms with Gasteiger partial charge < -0.3 is 9.84 Å². The average molecular weight is 532 g/mol. The number of amides is 1. The molecule has 6 rings (SSSR count). The summed E-state index contributed by atoms with van der Waals surface area (Å²) >= 11 is 0. The minimum Gasteiger partial charge on any atom is -0.494 e. The maximum Gasteiger partial charge on any atom is 0.335 e. The van der Waals surface area contributed by atoms with Gasteiger partial charge in [-0.2, -0.15) is 0 Å². The Bertz CT molecular complexity index is 1170. The molecule has 4 aliphatic rings. The van der Waals surface area contributed by atoms with E-state index < -0.39 is 5.97 Å². The summed E-state index contributed by atoms with van der Waals surface area (Å²) in [5, 5.41) is 18.1. The van der Waals surface area contributed by atoms with Gasteiger partial charge in [-0.3, -0.25) is 10.0 Å². The van der Waals surface area contributed by atoms with Crippen molar-refractivity contribution in [2.45, 2.75) is 82.5 Å². The van der Waals surface area contributed by atoms with E-state index in [1.807, 2.05) is 18.2 Å². The number of aliphatic carboxylic acids is 1. The summed E-state index contributed by atoms with van der Waals surface area (Å²) in [4.78, 5) is 22.8. The predicted octanol–water partition coefficient (Wildman–Crippen LogP) is 7.14. The van der Waals surface area contributed by atoms with Crippen molar-refractivity contribution < 1.29 is 24.6 Å². The van der Waals surface area contributed by atoms with E-state index in [9.17, 15) is 14.7 Å². The number of ether oxygens (including phenoxy) is 1. The molecule has 0 radical (unpaired) electrons. The van der Waals surface area contributed by atoms with Gasteiger partial charge in [0.05, 0.1) is 12.2 Å². The average Bonchev–Trinajstić information content (AvgIpc) is 2.93. The molecule has 0 atom stereocenters. The van der Waals surface area contributed by atoms with Gasteiger partial charge in [0.1, 0.15) is 5.75 Å². The number of hydrogen-bond acceptors (Lipinski definition) is 4. The number of unbranched alkanes of at least 4 members (excludes halogenated alkanes) is 4. The van der Waals surface area contributed by atoms with E-state index in [1.54, 1.807) is 5.48 Å². The molecular formula is C33H41NO5. The third-order valence-corrected chi connectivity index (χ3v) is 9.34. The van der Waals surface area contributed by atoms with Crippen molar-refractivity contribution in [3.05, 3.63) is 60.2 Å². The summed E-state index contributed by atoms with van der Waals surface area (Å²) in [6.45, 7) is 4.51. The van der Waals surface area contributed by atoms with Crippen LogP contribution in [0.15, 0.2) is 49.0 Å². The van der Waals surface area contributed by atoms with Gasteiger partial charge in [0.2, 0.25) is 5.91 Å². The number of hydrogen-bond donors (Lipinski definition) is 3. The molecule has 4 aliphatic carbocycles. The van der Waals surface area contributed by atoms with Gasteiger partial charge in [0, 0.05) is 6.42 Å². The number of carboxylic acids is 1. The van der Waals surface area contributed by atoms with Crippen LogP contribution in [0.2, 0.25) is 0 Å². The molecule has 0 spiro atoms. The Morgan fingerprint density at radius 2 is 1.51 bits per heavy atom. The lowest BCUT2D eigenvalue weighted by Gasteiger charge is -2.57. The van der Waals surface area contributed by atoms with Gasteiger partial charge in [-0.05, 0) is 115 Å². The summed E-state index contributed by atoms with van der Waals surface area (Å²) in [5.74, 6) is 1.96. The lowest BCUT2D eigenvalue weighted by atomic mass is 9.47. The Hall–Kier alpha value is -3.12. The van der Waals surface area contributed by atoms with Crippen molar-refractivity contribution in [2.75, 3.05) is 6.61 Å². The van der Waals surface area contributed by atoms with Crippen LogP contribution in [0.1, 0.15) is 88.2 Å². The van der Waals surface area contributed by atoms with Crippen molar-refractivity contribution in [1.82, 2.24) is 5.48 Å². The summed E-state index contributed by atoms with van der Waals surface area (Å²) in [6, 6.07) is 14.5. The van der Waals surface area contributed by atoms with Crippen LogP contribution in [-0.2, 0) is 15.0 Å². The fraction of sp³-hybridized carbons (Fsp3) is 0.515. The zero-order valence-electron chi connectivity index (χ0n) is 22.8. The first-order valence-electron chi connectivity index (χ1n) is 14.6. The smallest absolute Gasteiger partial charge is 0.335 e. The third kappa shape index (κ3) is 6.22. The SMILES string of the molecule is C=C(C(=O)O)c1ccc(-c2ccc(OCCCCCCCC(=O)NO)cc2)c(C23CC4CC(CC(C4)C2)C3)c1. The van der Waals surface area contributed by atoms with E-state index in [2.05, 4.69) is 30.8 Å². The molecule has 0 unspecified atom stereocenters. The molecule has 2 aromatic carbocycles. The number of rotatable bonds is 13. The van der Waals surface area contributed by atoms with Crippen LogP contribution in [0.25, 0.3) is 16.7 Å². The largest absolute Gasteiger partial charge is 0.494 e. The summed E-state index contributed by atoms with van der Waals surface area (Å²) in [6.07, 6.45) is 12.9. The first-order valence-corrected chi connectivity index (χ1v) is 14.6. The van der Waals surface area contributed by atoms with Crippen LogP contribution in [0.4, 0.5) is 0 Å². The number of hydroxylamine groups is 1. The van der Waals surface area contributed by atoms with Crippen LogP contribution < -0.4 is 10.2 Å². The summed E-state index contributed by atoms with van der Waals surface area (Å²) in [5.41, 5.74) is 6.34. The lowest BCUT2D eigenvalue weighted by molar-refractivity contribution is -0.130. The monoisotopic (exact) mass is 531 g/mol. The van der Waals surface area contributed by atoms with E-state index in [4.69, 9.17) is 9.94 Å². The maximum absolute atomic E-state index is 11.7. The quantitative estimate of drug-likeness (QED) is 0.110. The highest BCUT2D eigenvalue weighted by molar-refractivity contribution is 6.14. The predicted molar refractivity (Wildman–Crippen MR) is 152 cm³/mol. The molecule has 0 heterocycles. The van der Waals surface area contributed by atoms with Gasteiger partial charge in [-0.15, -0.1) is 0 Å². The van der Waals surface area contributed by atoms with Crippen molar-refractivity contribution in [1.29, 1.82) is 0 Å². The number of benzene rings is 2. The Kier molecular flexibility index (Phi) is 8.41. The Morgan fingerprint density at radius 3 is 2.13 bits per heavy atom. The number of carbonyl (C=O) groups is 2. The van der Waals surface area contributed by atoms with E-state index in [-0.39, 0.29) is 16.9 Å². The second kappa shape index (κ2) is 12.0. The van der Waals surface area contributed by atoms with E-state index in [0.717, 1.165) is 61.2 Å². The molecule has 4 bridgehead atoms. The zero-order chi connectivity index (χ0) is 27.4. The Labute approximate surface area is 231 Å². The number of nitrogens with one attached hydrogen (secondary N) is 1. The second-order valence-corrected chi connectivity index (χ2v) is 12.2. The van der Waals surface area contributed by atoms with E-state index in [1.165, 1.54) is 49.7 Å². The standard InChI is InChI=1S/C33H41NO5/c1-22(32(36)37)27-10-13-29(30(18-27)33-19-23-15-24(20-33)17-25(16-23)21-33)26-8-11-28(12-9-26)39-14-6-4-2-3-5-7-31(35)34-38/h8-13,18,23-25,38H,1-7,14-17,19-21H2,(H,34,35)(H,36,37). The molecule has 208 valence electrons. The minimum absolute atomic E-state index is 0.135. The van der Waals surface area contributed by atoms with Gasteiger partial charge in [0.25, 0.3) is 0 Å². The van der Waals surface area contributed by atoms with Gasteiger partial charge in [0.15, 0.2) is 0 Å². The first kappa shape index (κ1) is 27.4. The van der Waals surface area contributed by atoms with Crippen molar-refractivity contribution >= 4 is 17.4 Å². The Balaban J connectivity index is 1.26. The second-order valence-electron chi connectivity index (χ2n) is 12.2. The fourth-order valence-corrected chi connectivity index (χ4v) is 7.88. The van der Waals surface area contributed by atoms with Crippen molar-refractivity contribution in [3.63, 3.8) is 0 Å². The van der Waals surface area contributed by atoms with E-state index >= 15 is 0 Å². The minimum atomic E-state index is -0.963. The summed E-state index contributed by atoms with van der Waals surface area (Å²) in [7, 11) is 0. The molecule has 0 aromatic heterocycles. The molecule has 4 saturated carbocycles. The molecule has 6 heteroatoms. The molecule has 39 heavy (non-hydrogen) atoms. The topological polar surface area (TPSA) is 95.9 Å². The molecule has 0 aliphatic heterocycles. The Morgan fingerprint density at radius 1 is 0.897 bits per heavy atom. The van der Waals surface area contributed by atoms with Gasteiger partial charge >= 0.3 is 5.97 Å². The molecule has 3 N–H and O–H groups in total. The molecule has 1 amide bonds. The lowest BCUT2D eigenvalue weighted by Crippen LogP contribution is -2.48. The van der Waals surface area contributed by atoms with E-state index in [0.29, 0.717) is 18.6 Å². The molecule has 4 fully saturated rings. The first-order chi connectivity index (χ1) is 18.9. The van der Waals surface area contributed by atoms with Crippen LogP contribution in [0.5, 0.6) is 5.75 Å². The molecular weight excluding hydrogens is 490 g/mol. The van der Waals surface area contributed by atoms with Gasteiger partial charge in [-0.25, -0.2) is 10.3 Å². The maximum atomic E-state index is 11.7. The normalized spacial score (nSPS) is 24.9. The molecule has 0 saturated heterocycles. The fourth-order valence-electron chi connectivity index (χ4n) is 7.88. The molecule has 2 aromatic rings. The number of carboxylic acid groups (broad SMARTS) is 1. The molecule has 6 nitrogen and oxygen atoms in total. The van der Waals surface area contributed by atoms with Crippen molar-refractivity contribution in [2.24, 2.45) is 17.8 Å². The van der Waals surface area contributed by atoms with Crippen LogP contribution >= 0.6 is 0 Å².